The largest absolute Gasteiger partial charge is 0.424 e. The van der Waals surface area contributed by atoms with Crippen LogP contribution in [-0.4, -0.2) is 25.7 Å². The Labute approximate surface area is 203 Å². The number of aromatic nitrogens is 4. The van der Waals surface area contributed by atoms with Crippen LogP contribution in [0.2, 0.25) is 5.02 Å². The van der Waals surface area contributed by atoms with Crippen LogP contribution >= 0.6 is 11.6 Å². The average Bonchev–Trinajstić information content (AvgIpc) is 3.08. The minimum absolute atomic E-state index is 0.235. The molecule has 2 heterocycles. The fourth-order valence-corrected chi connectivity index (χ4v) is 3.71. The molecule has 2 aromatic carbocycles. The SMILES string of the molecule is Cc1cc(Oc2ncccn2)ccc1NC(=O)/C=C/c1c(C)nn(Cc2ccccc2Cl)c1C. The maximum Gasteiger partial charge on any atom is 0.321 e. The highest BCUT2D eigenvalue weighted by atomic mass is 35.5. The predicted octanol–water partition coefficient (Wildman–Crippen LogP) is 5.74. The maximum atomic E-state index is 12.6. The number of hydrogen-bond donors (Lipinski definition) is 1. The van der Waals surface area contributed by atoms with E-state index in [1.807, 2.05) is 55.8 Å². The van der Waals surface area contributed by atoms with E-state index in [9.17, 15) is 4.79 Å². The fourth-order valence-electron chi connectivity index (χ4n) is 3.51. The van der Waals surface area contributed by atoms with Crippen molar-refractivity contribution < 1.29 is 9.53 Å². The molecular weight excluding hydrogens is 450 g/mol. The smallest absolute Gasteiger partial charge is 0.321 e. The Morgan fingerprint density at radius 3 is 2.59 bits per heavy atom. The second-order valence-corrected chi connectivity index (χ2v) is 8.17. The summed E-state index contributed by atoms with van der Waals surface area (Å²) in [5.74, 6) is 0.357. The minimum Gasteiger partial charge on any atom is -0.424 e. The van der Waals surface area contributed by atoms with Crippen LogP contribution in [0.4, 0.5) is 5.69 Å². The first-order chi connectivity index (χ1) is 16.4. The highest BCUT2D eigenvalue weighted by Crippen LogP contribution is 2.24. The number of amides is 1. The first-order valence-corrected chi connectivity index (χ1v) is 11.1. The maximum absolute atomic E-state index is 12.6. The van der Waals surface area contributed by atoms with Crippen molar-refractivity contribution in [2.75, 3.05) is 5.32 Å². The Morgan fingerprint density at radius 2 is 1.85 bits per heavy atom. The zero-order chi connectivity index (χ0) is 24.1. The molecule has 4 rings (SSSR count). The molecule has 2 aromatic heterocycles. The third-order valence-corrected chi connectivity index (χ3v) is 5.69. The Bertz CT molecular complexity index is 1350. The third-order valence-electron chi connectivity index (χ3n) is 5.32. The lowest BCUT2D eigenvalue weighted by atomic mass is 10.1. The van der Waals surface area contributed by atoms with E-state index in [0.29, 0.717) is 23.0 Å². The van der Waals surface area contributed by atoms with Crippen LogP contribution in [-0.2, 0) is 11.3 Å². The van der Waals surface area contributed by atoms with Crippen molar-refractivity contribution in [1.29, 1.82) is 0 Å². The Morgan fingerprint density at radius 1 is 1.09 bits per heavy atom. The number of rotatable bonds is 7. The lowest BCUT2D eigenvalue weighted by molar-refractivity contribution is -0.111. The second-order valence-electron chi connectivity index (χ2n) is 7.77. The zero-order valence-electron chi connectivity index (χ0n) is 19.1. The number of anilines is 1. The van der Waals surface area contributed by atoms with Gasteiger partial charge in [-0.2, -0.15) is 5.10 Å². The topological polar surface area (TPSA) is 81.9 Å². The van der Waals surface area contributed by atoms with Crippen molar-refractivity contribution in [2.24, 2.45) is 0 Å². The quantitative estimate of drug-likeness (QED) is 0.346. The van der Waals surface area contributed by atoms with Gasteiger partial charge in [0.05, 0.1) is 12.2 Å². The van der Waals surface area contributed by atoms with Crippen molar-refractivity contribution >= 4 is 29.3 Å². The van der Waals surface area contributed by atoms with Gasteiger partial charge in [-0.1, -0.05) is 29.8 Å². The highest BCUT2D eigenvalue weighted by molar-refractivity contribution is 6.31. The summed E-state index contributed by atoms with van der Waals surface area (Å²) in [6.07, 6.45) is 6.52. The lowest BCUT2D eigenvalue weighted by Gasteiger charge is -2.09. The summed E-state index contributed by atoms with van der Waals surface area (Å²) in [5.41, 5.74) is 5.25. The van der Waals surface area contributed by atoms with E-state index in [-0.39, 0.29) is 11.9 Å². The normalized spacial score (nSPS) is 11.1. The summed E-state index contributed by atoms with van der Waals surface area (Å²) < 4.78 is 7.53. The van der Waals surface area contributed by atoms with Crippen LogP contribution in [0.15, 0.2) is 67.0 Å². The number of carbonyl (C=O) groups excluding carboxylic acids is 1. The number of aryl methyl sites for hydroxylation is 2. The first-order valence-electron chi connectivity index (χ1n) is 10.7. The van der Waals surface area contributed by atoms with Crippen molar-refractivity contribution in [3.63, 3.8) is 0 Å². The molecule has 0 fully saturated rings. The molecule has 34 heavy (non-hydrogen) atoms. The summed E-state index contributed by atoms with van der Waals surface area (Å²) in [6, 6.07) is 15.1. The molecule has 0 atom stereocenters. The summed E-state index contributed by atoms with van der Waals surface area (Å²) in [5, 5.41) is 8.23. The van der Waals surface area contributed by atoms with E-state index in [2.05, 4.69) is 20.4 Å². The summed E-state index contributed by atoms with van der Waals surface area (Å²) >= 11 is 6.29. The molecule has 0 aliphatic heterocycles. The van der Waals surface area contributed by atoms with Gasteiger partial charge in [0.1, 0.15) is 5.75 Å². The standard InChI is InChI=1S/C26H24ClN5O2/c1-17-15-21(34-26-28-13-6-14-29-26)9-11-24(17)30-25(33)12-10-22-18(2)31-32(19(22)3)16-20-7-4-5-8-23(20)27/h4-15H,16H2,1-3H3,(H,30,33)/b12-10+. The van der Waals surface area contributed by atoms with Crippen LogP contribution < -0.4 is 10.1 Å². The molecule has 172 valence electrons. The van der Waals surface area contributed by atoms with Gasteiger partial charge in [0.25, 0.3) is 0 Å². The predicted molar refractivity (Wildman–Crippen MR) is 133 cm³/mol. The van der Waals surface area contributed by atoms with E-state index in [4.69, 9.17) is 16.3 Å². The van der Waals surface area contributed by atoms with Crippen LogP contribution in [0.1, 0.15) is 28.1 Å². The fraction of sp³-hybridized carbons (Fsp3) is 0.154. The van der Waals surface area contributed by atoms with Crippen LogP contribution in [0.3, 0.4) is 0 Å². The molecule has 0 aliphatic rings. The number of ether oxygens (including phenoxy) is 1. The van der Waals surface area contributed by atoms with Gasteiger partial charge in [-0.25, -0.2) is 9.97 Å². The van der Waals surface area contributed by atoms with Crippen molar-refractivity contribution in [3.8, 4) is 11.8 Å². The zero-order valence-corrected chi connectivity index (χ0v) is 19.9. The molecule has 0 aliphatic carbocycles. The number of halogens is 1. The molecule has 0 saturated heterocycles. The number of nitrogens with zero attached hydrogens (tertiary/aromatic N) is 4. The Hall–Kier alpha value is -3.97. The average molecular weight is 474 g/mol. The van der Waals surface area contributed by atoms with Crippen LogP contribution in [0, 0.1) is 20.8 Å². The van der Waals surface area contributed by atoms with Gasteiger partial charge in [-0.3, -0.25) is 9.48 Å². The van der Waals surface area contributed by atoms with Gasteiger partial charge in [0, 0.05) is 40.4 Å². The van der Waals surface area contributed by atoms with E-state index >= 15 is 0 Å². The Kier molecular flexibility index (Phi) is 7.04. The molecule has 1 amide bonds. The molecule has 4 aromatic rings. The first kappa shape index (κ1) is 23.2. The van der Waals surface area contributed by atoms with Gasteiger partial charge >= 0.3 is 6.01 Å². The van der Waals surface area contributed by atoms with E-state index in [1.165, 1.54) is 6.08 Å². The molecule has 1 N–H and O–H groups in total. The molecule has 0 spiro atoms. The Balaban J connectivity index is 1.43. The van der Waals surface area contributed by atoms with Crippen LogP contribution in [0.25, 0.3) is 6.08 Å². The van der Waals surface area contributed by atoms with Gasteiger partial charge in [-0.15, -0.1) is 0 Å². The van der Waals surface area contributed by atoms with Gasteiger partial charge < -0.3 is 10.1 Å². The molecular formula is C26H24ClN5O2. The highest BCUT2D eigenvalue weighted by Gasteiger charge is 2.12. The molecule has 0 radical (unpaired) electrons. The molecule has 0 bridgehead atoms. The van der Waals surface area contributed by atoms with Gasteiger partial charge in [0.2, 0.25) is 5.91 Å². The second kappa shape index (κ2) is 10.3. The molecule has 7 nitrogen and oxygen atoms in total. The van der Waals surface area contributed by atoms with Crippen molar-refractivity contribution in [3.05, 3.63) is 100 Å². The summed E-state index contributed by atoms with van der Waals surface area (Å²) in [7, 11) is 0. The third kappa shape index (κ3) is 5.50. The number of hydrogen-bond acceptors (Lipinski definition) is 5. The number of nitrogens with one attached hydrogen (secondary N) is 1. The van der Waals surface area contributed by atoms with E-state index in [1.54, 1.807) is 36.7 Å². The van der Waals surface area contributed by atoms with Crippen molar-refractivity contribution in [2.45, 2.75) is 27.3 Å². The monoisotopic (exact) mass is 473 g/mol. The lowest BCUT2D eigenvalue weighted by Crippen LogP contribution is -2.09. The van der Waals surface area contributed by atoms with E-state index < -0.39 is 0 Å². The minimum atomic E-state index is -0.235. The molecule has 0 unspecified atom stereocenters. The van der Waals surface area contributed by atoms with E-state index in [0.717, 1.165) is 28.1 Å². The van der Waals surface area contributed by atoms with Crippen molar-refractivity contribution in [1.82, 2.24) is 19.7 Å². The summed E-state index contributed by atoms with van der Waals surface area (Å²) in [4.78, 5) is 20.7. The van der Waals surface area contributed by atoms with Crippen LogP contribution in [0.5, 0.6) is 11.8 Å². The van der Waals surface area contributed by atoms with Gasteiger partial charge in [-0.05, 0) is 68.3 Å². The number of benzene rings is 2. The summed E-state index contributed by atoms with van der Waals surface area (Å²) in [6.45, 7) is 6.36. The number of carbonyl (C=O) groups is 1. The van der Waals surface area contributed by atoms with Gasteiger partial charge in [0.15, 0.2) is 0 Å². The molecule has 8 heteroatoms. The molecule has 0 saturated carbocycles.